The molecule has 3 atom stereocenters. The minimum Gasteiger partial charge on any atom is -0.493 e. The van der Waals surface area contributed by atoms with E-state index >= 15 is 0 Å². The second kappa shape index (κ2) is 6.66. The van der Waals surface area contributed by atoms with Gasteiger partial charge in [0.2, 0.25) is 0 Å². The maximum absolute atomic E-state index is 6.39. The van der Waals surface area contributed by atoms with Crippen LogP contribution in [0.1, 0.15) is 31.4 Å². The van der Waals surface area contributed by atoms with Crippen LogP contribution in [0.15, 0.2) is 12.1 Å². The highest BCUT2D eigenvalue weighted by molar-refractivity contribution is 6.31. The summed E-state index contributed by atoms with van der Waals surface area (Å²) < 4.78 is 16.6. The molecule has 2 rings (SSSR count). The van der Waals surface area contributed by atoms with Gasteiger partial charge in [0.05, 0.1) is 32.5 Å². The summed E-state index contributed by atoms with van der Waals surface area (Å²) >= 11 is 6.39. The first kappa shape index (κ1) is 15.4. The number of hydrogen-bond donors (Lipinski definition) is 1. The van der Waals surface area contributed by atoms with Crippen LogP contribution in [0.2, 0.25) is 5.02 Å². The molecule has 0 amide bonds. The molecular formula is C15H22ClNO3. The zero-order valence-corrected chi connectivity index (χ0v) is 13.2. The van der Waals surface area contributed by atoms with Crippen molar-refractivity contribution in [2.75, 3.05) is 21.3 Å². The molecule has 3 unspecified atom stereocenters. The lowest BCUT2D eigenvalue weighted by atomic mass is 9.98. The predicted octanol–water partition coefficient (Wildman–Crippen LogP) is 3.19. The first-order valence-electron chi connectivity index (χ1n) is 6.84. The minimum atomic E-state index is 0.0484. The van der Waals surface area contributed by atoms with Crippen molar-refractivity contribution in [3.63, 3.8) is 0 Å². The summed E-state index contributed by atoms with van der Waals surface area (Å²) in [6, 6.07) is 3.76. The fourth-order valence-corrected chi connectivity index (χ4v) is 3.00. The molecule has 1 aromatic carbocycles. The van der Waals surface area contributed by atoms with Gasteiger partial charge in [-0.1, -0.05) is 11.6 Å². The number of likely N-dealkylation sites (N-methyl/N-ethyl adjacent to an activating group) is 1. The maximum Gasteiger partial charge on any atom is 0.162 e. The summed E-state index contributed by atoms with van der Waals surface area (Å²) in [5.74, 6) is 1.31. The van der Waals surface area contributed by atoms with Gasteiger partial charge in [0.15, 0.2) is 11.5 Å². The van der Waals surface area contributed by atoms with Crippen LogP contribution in [-0.2, 0) is 4.74 Å². The Morgan fingerprint density at radius 2 is 1.90 bits per heavy atom. The molecule has 0 spiro atoms. The molecule has 112 valence electrons. The van der Waals surface area contributed by atoms with E-state index in [1.54, 1.807) is 20.3 Å². The molecule has 0 bridgehead atoms. The van der Waals surface area contributed by atoms with Gasteiger partial charge < -0.3 is 19.5 Å². The van der Waals surface area contributed by atoms with Gasteiger partial charge in [-0.3, -0.25) is 0 Å². The third-order valence-corrected chi connectivity index (χ3v) is 4.11. The predicted molar refractivity (Wildman–Crippen MR) is 79.9 cm³/mol. The standard InChI is InChI=1S/C15H22ClNO3/c1-9-5-6-12(20-9)15(17-2)10-7-13(18-3)14(19-4)8-11(10)16/h7-9,12,15,17H,5-6H2,1-4H3. The number of benzene rings is 1. The number of rotatable bonds is 5. The van der Waals surface area contributed by atoms with Crippen LogP contribution in [-0.4, -0.2) is 33.5 Å². The van der Waals surface area contributed by atoms with Gasteiger partial charge in [0, 0.05) is 11.1 Å². The van der Waals surface area contributed by atoms with E-state index in [0.717, 1.165) is 18.4 Å². The van der Waals surface area contributed by atoms with Crippen LogP contribution in [0.3, 0.4) is 0 Å². The summed E-state index contributed by atoms with van der Waals surface area (Å²) in [5, 5.41) is 3.96. The highest BCUT2D eigenvalue weighted by Crippen LogP contribution is 2.39. The summed E-state index contributed by atoms with van der Waals surface area (Å²) in [5.41, 5.74) is 0.978. The average Bonchev–Trinajstić information content (AvgIpc) is 2.87. The number of nitrogens with one attached hydrogen (secondary N) is 1. The third-order valence-electron chi connectivity index (χ3n) is 3.79. The highest BCUT2D eigenvalue weighted by atomic mass is 35.5. The van der Waals surface area contributed by atoms with Gasteiger partial charge in [0.25, 0.3) is 0 Å². The largest absolute Gasteiger partial charge is 0.493 e. The van der Waals surface area contributed by atoms with Gasteiger partial charge >= 0.3 is 0 Å². The van der Waals surface area contributed by atoms with E-state index in [9.17, 15) is 0 Å². The number of halogens is 1. The van der Waals surface area contributed by atoms with Crippen LogP contribution in [0.25, 0.3) is 0 Å². The second-order valence-corrected chi connectivity index (χ2v) is 5.46. The smallest absolute Gasteiger partial charge is 0.162 e. The number of methoxy groups -OCH3 is 2. The van der Waals surface area contributed by atoms with Gasteiger partial charge in [-0.15, -0.1) is 0 Å². The van der Waals surface area contributed by atoms with E-state index in [-0.39, 0.29) is 12.1 Å². The van der Waals surface area contributed by atoms with E-state index in [2.05, 4.69) is 12.2 Å². The van der Waals surface area contributed by atoms with E-state index in [4.69, 9.17) is 25.8 Å². The lowest BCUT2D eigenvalue weighted by Gasteiger charge is -2.25. The zero-order chi connectivity index (χ0) is 14.7. The maximum atomic E-state index is 6.39. The summed E-state index contributed by atoms with van der Waals surface area (Å²) in [6.45, 7) is 2.10. The summed E-state index contributed by atoms with van der Waals surface area (Å²) in [4.78, 5) is 0. The minimum absolute atomic E-state index is 0.0484. The fraction of sp³-hybridized carbons (Fsp3) is 0.600. The molecule has 20 heavy (non-hydrogen) atoms. The van der Waals surface area contributed by atoms with E-state index in [0.29, 0.717) is 22.6 Å². The van der Waals surface area contributed by atoms with Crippen LogP contribution >= 0.6 is 11.6 Å². The van der Waals surface area contributed by atoms with Crippen LogP contribution in [0.5, 0.6) is 11.5 Å². The molecular weight excluding hydrogens is 278 g/mol. The third kappa shape index (κ3) is 3.03. The molecule has 5 heteroatoms. The monoisotopic (exact) mass is 299 g/mol. The highest BCUT2D eigenvalue weighted by Gasteiger charge is 2.31. The van der Waals surface area contributed by atoms with Gasteiger partial charge in [0.1, 0.15) is 0 Å². The molecule has 1 aliphatic rings. The SMILES string of the molecule is CNC(c1cc(OC)c(OC)cc1Cl)C1CCC(C)O1. The Balaban J connectivity index is 2.34. The number of hydrogen-bond acceptors (Lipinski definition) is 4. The van der Waals surface area contributed by atoms with E-state index in [1.807, 2.05) is 13.1 Å². The lowest BCUT2D eigenvalue weighted by molar-refractivity contribution is 0.0333. The van der Waals surface area contributed by atoms with E-state index in [1.165, 1.54) is 0 Å². The van der Waals surface area contributed by atoms with Crippen molar-refractivity contribution in [1.29, 1.82) is 0 Å². The quantitative estimate of drug-likeness (QED) is 0.906. The molecule has 1 aliphatic heterocycles. The molecule has 0 aromatic heterocycles. The van der Waals surface area contributed by atoms with Crippen LogP contribution < -0.4 is 14.8 Å². The Hall–Kier alpha value is -0.970. The first-order valence-corrected chi connectivity index (χ1v) is 7.22. The molecule has 1 N–H and O–H groups in total. The summed E-state index contributed by atoms with van der Waals surface area (Å²) in [7, 11) is 5.15. The van der Waals surface area contributed by atoms with Crippen molar-refractivity contribution in [3.05, 3.63) is 22.7 Å². The topological polar surface area (TPSA) is 39.7 Å². The van der Waals surface area contributed by atoms with Crippen molar-refractivity contribution in [1.82, 2.24) is 5.32 Å². The van der Waals surface area contributed by atoms with Crippen molar-refractivity contribution in [2.24, 2.45) is 0 Å². The van der Waals surface area contributed by atoms with Crippen molar-refractivity contribution in [2.45, 2.75) is 38.0 Å². The van der Waals surface area contributed by atoms with Crippen LogP contribution in [0, 0.1) is 0 Å². The fourth-order valence-electron chi connectivity index (χ4n) is 2.73. The lowest BCUT2D eigenvalue weighted by Crippen LogP contribution is -2.29. The number of ether oxygens (including phenoxy) is 3. The van der Waals surface area contributed by atoms with Crippen molar-refractivity contribution >= 4 is 11.6 Å². The van der Waals surface area contributed by atoms with Gasteiger partial charge in [-0.2, -0.15) is 0 Å². The Morgan fingerprint density at radius 3 is 2.40 bits per heavy atom. The van der Waals surface area contributed by atoms with E-state index < -0.39 is 0 Å². The van der Waals surface area contributed by atoms with Crippen LogP contribution in [0.4, 0.5) is 0 Å². The molecule has 1 heterocycles. The summed E-state index contributed by atoms with van der Waals surface area (Å²) in [6.07, 6.45) is 2.53. The molecule has 0 aliphatic carbocycles. The second-order valence-electron chi connectivity index (χ2n) is 5.06. The molecule has 4 nitrogen and oxygen atoms in total. The molecule has 1 aromatic rings. The Kier molecular flexibility index (Phi) is 5.13. The molecule has 0 radical (unpaired) electrons. The zero-order valence-electron chi connectivity index (χ0n) is 12.4. The normalized spacial score (nSPS) is 23.6. The Bertz CT molecular complexity index is 467. The molecule has 0 saturated carbocycles. The first-order chi connectivity index (χ1) is 9.60. The van der Waals surface area contributed by atoms with Gasteiger partial charge in [-0.25, -0.2) is 0 Å². The molecule has 1 saturated heterocycles. The van der Waals surface area contributed by atoms with Crippen molar-refractivity contribution < 1.29 is 14.2 Å². The van der Waals surface area contributed by atoms with Gasteiger partial charge in [-0.05, 0) is 38.4 Å². The molecule has 1 fully saturated rings. The Morgan fingerprint density at radius 1 is 1.25 bits per heavy atom. The average molecular weight is 300 g/mol. The van der Waals surface area contributed by atoms with Crippen molar-refractivity contribution in [3.8, 4) is 11.5 Å². The Labute approximate surface area is 125 Å².